The Morgan fingerprint density at radius 2 is 2.17 bits per heavy atom. The predicted octanol–water partition coefficient (Wildman–Crippen LogP) is 2.16. The lowest BCUT2D eigenvalue weighted by Gasteiger charge is -2.00. The van der Waals surface area contributed by atoms with Gasteiger partial charge < -0.3 is 5.73 Å². The zero-order valence-electron chi connectivity index (χ0n) is 7.87. The van der Waals surface area contributed by atoms with E-state index in [-0.39, 0.29) is 6.04 Å². The van der Waals surface area contributed by atoms with Crippen LogP contribution < -0.4 is 5.73 Å². The van der Waals surface area contributed by atoms with Gasteiger partial charge in [-0.05, 0) is 13.3 Å². The number of thiazole rings is 1. The van der Waals surface area contributed by atoms with E-state index >= 15 is 0 Å². The van der Waals surface area contributed by atoms with E-state index in [0.717, 1.165) is 6.42 Å². The quantitative estimate of drug-likeness (QED) is 0.781. The second kappa shape index (κ2) is 4.01. The van der Waals surface area contributed by atoms with Crippen molar-refractivity contribution in [2.24, 2.45) is 5.73 Å². The van der Waals surface area contributed by atoms with Gasteiger partial charge >= 0.3 is 0 Å². The summed E-state index contributed by atoms with van der Waals surface area (Å²) in [6.07, 6.45) is 2.90. The van der Waals surface area contributed by atoms with Crippen LogP contribution in [-0.2, 0) is 6.42 Å². The predicted molar refractivity (Wildman–Crippen MR) is 53.6 cm³/mol. The van der Waals surface area contributed by atoms with Crippen molar-refractivity contribution in [3.8, 4) is 0 Å². The molecule has 0 aliphatic rings. The first-order valence-corrected chi connectivity index (χ1v) is 5.11. The Hall–Kier alpha value is -0.410. The van der Waals surface area contributed by atoms with Crippen LogP contribution in [0.15, 0.2) is 6.20 Å². The number of rotatable bonds is 3. The Balaban J connectivity index is 2.64. The maximum Gasteiger partial charge on any atom is 0.0953 e. The number of nitrogens with zero attached hydrogens (tertiary/aromatic N) is 1. The molecule has 3 heteroatoms. The third-order valence-corrected chi connectivity index (χ3v) is 2.91. The molecule has 12 heavy (non-hydrogen) atoms. The largest absolute Gasteiger partial charge is 0.328 e. The lowest BCUT2D eigenvalue weighted by Crippen LogP contribution is -2.16. The number of aromatic nitrogens is 1. The summed E-state index contributed by atoms with van der Waals surface area (Å²) in [5, 5.41) is 1.21. The maximum absolute atomic E-state index is 5.69. The zero-order valence-corrected chi connectivity index (χ0v) is 8.69. The van der Waals surface area contributed by atoms with E-state index in [1.165, 1.54) is 9.88 Å². The molecule has 0 amide bonds. The van der Waals surface area contributed by atoms with Crippen molar-refractivity contribution in [3.63, 3.8) is 0 Å². The van der Waals surface area contributed by atoms with Crippen LogP contribution in [-0.4, -0.2) is 11.0 Å². The molecular formula is C9H16N2S. The first-order chi connectivity index (χ1) is 5.59. The Morgan fingerprint density at radius 3 is 2.58 bits per heavy atom. The molecule has 2 N–H and O–H groups in total. The molecule has 0 aromatic carbocycles. The van der Waals surface area contributed by atoms with Crippen molar-refractivity contribution in [2.45, 2.75) is 39.2 Å². The van der Waals surface area contributed by atoms with Crippen LogP contribution in [0.2, 0.25) is 0 Å². The van der Waals surface area contributed by atoms with Crippen molar-refractivity contribution in [3.05, 3.63) is 16.1 Å². The fourth-order valence-electron chi connectivity index (χ4n) is 1.00. The molecule has 2 nitrogen and oxygen atoms in total. The van der Waals surface area contributed by atoms with Gasteiger partial charge in [0.2, 0.25) is 0 Å². The monoisotopic (exact) mass is 184 g/mol. The average Bonchev–Trinajstić information content (AvgIpc) is 2.34. The Morgan fingerprint density at radius 1 is 1.50 bits per heavy atom. The molecule has 0 saturated carbocycles. The molecule has 1 aromatic rings. The lowest BCUT2D eigenvalue weighted by molar-refractivity contribution is 0.745. The van der Waals surface area contributed by atoms with Crippen LogP contribution in [0.1, 0.15) is 36.6 Å². The van der Waals surface area contributed by atoms with Gasteiger partial charge in [-0.3, -0.25) is 0 Å². The van der Waals surface area contributed by atoms with Crippen LogP contribution in [0, 0.1) is 0 Å². The van der Waals surface area contributed by atoms with Gasteiger partial charge in [0.1, 0.15) is 0 Å². The van der Waals surface area contributed by atoms with Crippen molar-refractivity contribution in [2.75, 3.05) is 0 Å². The summed E-state index contributed by atoms with van der Waals surface area (Å²) in [4.78, 5) is 5.63. The molecule has 0 aliphatic heterocycles. The molecule has 0 radical (unpaired) electrons. The van der Waals surface area contributed by atoms with Crippen molar-refractivity contribution < 1.29 is 0 Å². The Bertz CT molecular complexity index is 240. The summed E-state index contributed by atoms with van der Waals surface area (Å²) >= 11 is 1.78. The van der Waals surface area contributed by atoms with E-state index < -0.39 is 0 Å². The van der Waals surface area contributed by atoms with E-state index in [4.69, 9.17) is 5.73 Å². The Kier molecular flexibility index (Phi) is 3.23. The van der Waals surface area contributed by atoms with Gasteiger partial charge in [0.15, 0.2) is 0 Å². The summed E-state index contributed by atoms with van der Waals surface area (Å²) < 4.78 is 0. The maximum atomic E-state index is 5.69. The van der Waals surface area contributed by atoms with Gasteiger partial charge in [0, 0.05) is 23.0 Å². The van der Waals surface area contributed by atoms with E-state index in [9.17, 15) is 0 Å². The van der Waals surface area contributed by atoms with Gasteiger partial charge in [0.05, 0.1) is 5.01 Å². The van der Waals surface area contributed by atoms with Gasteiger partial charge in [-0.25, -0.2) is 4.98 Å². The second-order valence-corrected chi connectivity index (χ2v) is 4.65. The normalized spacial score (nSPS) is 13.8. The highest BCUT2D eigenvalue weighted by Gasteiger charge is 2.06. The summed E-state index contributed by atoms with van der Waals surface area (Å²) in [6, 6.07) is 0.241. The van der Waals surface area contributed by atoms with Gasteiger partial charge in [-0.2, -0.15) is 0 Å². The molecular weight excluding hydrogens is 168 g/mol. The molecule has 0 saturated heterocycles. The third kappa shape index (κ3) is 2.57. The van der Waals surface area contributed by atoms with E-state index in [1.807, 2.05) is 13.1 Å². The van der Waals surface area contributed by atoms with Crippen LogP contribution >= 0.6 is 11.3 Å². The molecule has 68 valence electrons. The van der Waals surface area contributed by atoms with Crippen LogP contribution in [0.4, 0.5) is 0 Å². The average molecular weight is 184 g/mol. The highest BCUT2D eigenvalue weighted by molar-refractivity contribution is 7.11. The number of hydrogen-bond donors (Lipinski definition) is 1. The minimum absolute atomic E-state index is 0.241. The fourth-order valence-corrected chi connectivity index (χ4v) is 2.06. The van der Waals surface area contributed by atoms with E-state index in [1.54, 1.807) is 11.3 Å². The smallest absolute Gasteiger partial charge is 0.0953 e. The first kappa shape index (κ1) is 9.68. The summed E-state index contributed by atoms with van der Waals surface area (Å²) in [6.45, 7) is 6.34. The molecule has 1 heterocycles. The molecule has 1 aromatic heterocycles. The first-order valence-electron chi connectivity index (χ1n) is 4.29. The minimum Gasteiger partial charge on any atom is -0.328 e. The SMILES string of the molecule is CC(C)c1ncc(C[C@H](C)N)s1. The van der Waals surface area contributed by atoms with Crippen LogP contribution in [0.3, 0.4) is 0 Å². The molecule has 0 unspecified atom stereocenters. The van der Waals surface area contributed by atoms with E-state index in [0.29, 0.717) is 5.92 Å². The number of hydrogen-bond acceptors (Lipinski definition) is 3. The van der Waals surface area contributed by atoms with Gasteiger partial charge in [0.25, 0.3) is 0 Å². The van der Waals surface area contributed by atoms with Gasteiger partial charge in [-0.15, -0.1) is 11.3 Å². The lowest BCUT2D eigenvalue weighted by atomic mass is 10.2. The van der Waals surface area contributed by atoms with Crippen molar-refractivity contribution in [1.82, 2.24) is 4.98 Å². The second-order valence-electron chi connectivity index (χ2n) is 3.50. The Labute approximate surface area is 77.8 Å². The fraction of sp³-hybridized carbons (Fsp3) is 0.667. The summed E-state index contributed by atoms with van der Waals surface area (Å²) in [5.74, 6) is 0.539. The summed E-state index contributed by atoms with van der Waals surface area (Å²) in [7, 11) is 0. The standard InChI is InChI=1S/C9H16N2S/c1-6(2)9-11-5-8(12-9)4-7(3)10/h5-7H,4,10H2,1-3H3/t7-/m0/s1. The molecule has 1 atom stereocenters. The van der Waals surface area contributed by atoms with Crippen molar-refractivity contribution >= 4 is 11.3 Å². The van der Waals surface area contributed by atoms with E-state index in [2.05, 4.69) is 18.8 Å². The molecule has 0 bridgehead atoms. The third-order valence-electron chi connectivity index (χ3n) is 1.59. The topological polar surface area (TPSA) is 38.9 Å². The molecule has 0 fully saturated rings. The van der Waals surface area contributed by atoms with Crippen LogP contribution in [0.5, 0.6) is 0 Å². The zero-order chi connectivity index (χ0) is 9.14. The minimum atomic E-state index is 0.241. The highest BCUT2D eigenvalue weighted by Crippen LogP contribution is 2.21. The number of nitrogens with two attached hydrogens (primary N) is 1. The van der Waals surface area contributed by atoms with Crippen molar-refractivity contribution in [1.29, 1.82) is 0 Å². The highest BCUT2D eigenvalue weighted by atomic mass is 32.1. The summed E-state index contributed by atoms with van der Waals surface area (Å²) in [5.41, 5.74) is 5.69. The molecule has 0 aliphatic carbocycles. The van der Waals surface area contributed by atoms with Crippen LogP contribution in [0.25, 0.3) is 0 Å². The van der Waals surface area contributed by atoms with Gasteiger partial charge in [-0.1, -0.05) is 13.8 Å². The molecule has 0 spiro atoms. The molecule has 1 rings (SSSR count).